The largest absolute Gasteiger partial charge is 0.376 e. The number of nitriles is 1. The lowest BCUT2D eigenvalue weighted by atomic mass is 9.85. The van der Waals surface area contributed by atoms with Gasteiger partial charge in [-0.25, -0.2) is 0 Å². The van der Waals surface area contributed by atoms with Gasteiger partial charge in [-0.3, -0.25) is 10.2 Å². The van der Waals surface area contributed by atoms with Crippen molar-refractivity contribution in [2.24, 2.45) is 5.92 Å². The molecule has 1 N–H and O–H groups in total. The Kier molecular flexibility index (Phi) is 6.47. The van der Waals surface area contributed by atoms with Gasteiger partial charge in [0.25, 0.3) is 0 Å². The van der Waals surface area contributed by atoms with Crippen molar-refractivity contribution < 1.29 is 4.74 Å². The molecule has 3 unspecified atom stereocenters. The summed E-state index contributed by atoms with van der Waals surface area (Å²) in [6.07, 6.45) is 7.15. The van der Waals surface area contributed by atoms with Crippen molar-refractivity contribution in [3.8, 4) is 6.07 Å². The van der Waals surface area contributed by atoms with Crippen LogP contribution in [0.4, 0.5) is 0 Å². The minimum Gasteiger partial charge on any atom is -0.376 e. The van der Waals surface area contributed by atoms with Crippen LogP contribution in [0, 0.1) is 17.2 Å². The molecule has 2 fully saturated rings. The molecular weight excluding hydrogens is 262 g/mol. The van der Waals surface area contributed by atoms with Crippen LogP contribution in [0.2, 0.25) is 0 Å². The molecule has 1 aliphatic heterocycles. The third-order valence-corrected chi connectivity index (χ3v) is 5.18. The normalized spacial score (nSPS) is 34.0. The maximum Gasteiger partial charge on any atom is 0.109 e. The van der Waals surface area contributed by atoms with Crippen molar-refractivity contribution in [3.05, 3.63) is 0 Å². The van der Waals surface area contributed by atoms with E-state index >= 15 is 0 Å². The molecule has 2 rings (SSSR count). The first-order chi connectivity index (χ1) is 10.2. The molecule has 0 bridgehead atoms. The molecule has 120 valence electrons. The standard InChI is InChI=1S/C17H31N3O/c1-3-9-19-17(14-18)8-5-6-15(17)7-10-20-11-12-21-16(4-2)13-20/h15-16,19H,3-13H2,1-2H3. The number of hydrogen-bond acceptors (Lipinski definition) is 4. The van der Waals surface area contributed by atoms with Crippen LogP contribution in [0.5, 0.6) is 0 Å². The molecule has 3 atom stereocenters. The van der Waals surface area contributed by atoms with Gasteiger partial charge in [0.1, 0.15) is 5.54 Å². The van der Waals surface area contributed by atoms with Gasteiger partial charge in [-0.15, -0.1) is 0 Å². The topological polar surface area (TPSA) is 48.3 Å². The van der Waals surface area contributed by atoms with Crippen LogP contribution >= 0.6 is 0 Å². The molecule has 1 saturated heterocycles. The molecule has 2 aliphatic rings. The van der Waals surface area contributed by atoms with Crippen LogP contribution in [-0.4, -0.2) is 49.3 Å². The van der Waals surface area contributed by atoms with Crippen LogP contribution in [0.15, 0.2) is 0 Å². The van der Waals surface area contributed by atoms with Crippen LogP contribution in [0.1, 0.15) is 52.4 Å². The van der Waals surface area contributed by atoms with E-state index < -0.39 is 0 Å². The number of ether oxygens (including phenoxy) is 1. The Labute approximate surface area is 129 Å². The minimum absolute atomic E-state index is 0.257. The van der Waals surface area contributed by atoms with E-state index in [0.29, 0.717) is 12.0 Å². The minimum atomic E-state index is -0.257. The predicted octanol–water partition coefficient (Wildman–Crippen LogP) is 2.55. The van der Waals surface area contributed by atoms with Crippen LogP contribution in [0.3, 0.4) is 0 Å². The summed E-state index contributed by atoms with van der Waals surface area (Å²) >= 11 is 0. The molecule has 4 nitrogen and oxygen atoms in total. The summed E-state index contributed by atoms with van der Waals surface area (Å²) in [7, 11) is 0. The first-order valence-electron chi connectivity index (χ1n) is 8.74. The number of nitrogens with zero attached hydrogens (tertiary/aromatic N) is 2. The van der Waals surface area contributed by atoms with E-state index in [1.54, 1.807) is 0 Å². The second-order valence-electron chi connectivity index (χ2n) is 6.59. The zero-order valence-corrected chi connectivity index (χ0v) is 13.7. The maximum atomic E-state index is 9.68. The van der Waals surface area contributed by atoms with E-state index in [-0.39, 0.29) is 5.54 Å². The van der Waals surface area contributed by atoms with Crippen molar-refractivity contribution >= 4 is 0 Å². The Bertz CT molecular complexity index is 354. The molecule has 21 heavy (non-hydrogen) atoms. The number of hydrogen-bond donors (Lipinski definition) is 1. The van der Waals surface area contributed by atoms with Gasteiger partial charge in [0.2, 0.25) is 0 Å². The molecule has 0 spiro atoms. The fourth-order valence-electron chi connectivity index (χ4n) is 3.80. The second-order valence-corrected chi connectivity index (χ2v) is 6.59. The molecule has 1 aliphatic carbocycles. The highest BCUT2D eigenvalue weighted by atomic mass is 16.5. The Hall–Kier alpha value is -0.630. The summed E-state index contributed by atoms with van der Waals surface area (Å²) in [5.41, 5.74) is -0.257. The fraction of sp³-hybridized carbons (Fsp3) is 0.941. The molecule has 1 saturated carbocycles. The highest BCUT2D eigenvalue weighted by molar-refractivity contribution is 5.14. The predicted molar refractivity (Wildman–Crippen MR) is 85.1 cm³/mol. The lowest BCUT2D eigenvalue weighted by Gasteiger charge is -2.35. The Morgan fingerprint density at radius 3 is 3.00 bits per heavy atom. The summed E-state index contributed by atoms with van der Waals surface area (Å²) in [5.74, 6) is 0.511. The summed E-state index contributed by atoms with van der Waals surface area (Å²) in [4.78, 5) is 2.53. The van der Waals surface area contributed by atoms with Crippen molar-refractivity contribution in [1.29, 1.82) is 5.26 Å². The van der Waals surface area contributed by atoms with E-state index in [1.165, 1.54) is 12.8 Å². The second kappa shape index (κ2) is 8.12. The Morgan fingerprint density at radius 1 is 1.43 bits per heavy atom. The summed E-state index contributed by atoms with van der Waals surface area (Å²) in [6.45, 7) is 9.40. The Morgan fingerprint density at radius 2 is 2.29 bits per heavy atom. The quantitative estimate of drug-likeness (QED) is 0.783. The highest BCUT2D eigenvalue weighted by Gasteiger charge is 2.42. The van der Waals surface area contributed by atoms with E-state index in [9.17, 15) is 5.26 Å². The lowest BCUT2D eigenvalue weighted by Crippen LogP contribution is -2.49. The van der Waals surface area contributed by atoms with E-state index in [0.717, 1.165) is 58.5 Å². The SMILES string of the molecule is CCCNC1(C#N)CCCC1CCN1CCOC(CC)C1. The van der Waals surface area contributed by atoms with Gasteiger partial charge >= 0.3 is 0 Å². The molecule has 0 radical (unpaired) electrons. The first kappa shape index (κ1) is 16.7. The van der Waals surface area contributed by atoms with E-state index in [2.05, 4.69) is 30.1 Å². The van der Waals surface area contributed by atoms with Gasteiger partial charge in [-0.1, -0.05) is 20.3 Å². The van der Waals surface area contributed by atoms with Gasteiger partial charge in [0, 0.05) is 13.1 Å². The van der Waals surface area contributed by atoms with Gasteiger partial charge in [0.05, 0.1) is 18.8 Å². The fourth-order valence-corrected chi connectivity index (χ4v) is 3.80. The summed E-state index contributed by atoms with van der Waals surface area (Å²) in [6, 6.07) is 2.62. The zero-order chi connectivity index (χ0) is 15.1. The molecule has 0 aromatic heterocycles. The molecule has 4 heteroatoms. The molecule has 1 heterocycles. The third-order valence-electron chi connectivity index (χ3n) is 5.18. The average molecular weight is 293 g/mol. The maximum absolute atomic E-state index is 9.68. The van der Waals surface area contributed by atoms with Gasteiger partial charge in [-0.2, -0.15) is 5.26 Å². The molecular formula is C17H31N3O. The van der Waals surface area contributed by atoms with Gasteiger partial charge in [0.15, 0.2) is 0 Å². The van der Waals surface area contributed by atoms with Crippen molar-refractivity contribution in [3.63, 3.8) is 0 Å². The number of rotatable bonds is 7. The third kappa shape index (κ3) is 4.18. The summed E-state index contributed by atoms with van der Waals surface area (Å²) in [5, 5.41) is 13.2. The summed E-state index contributed by atoms with van der Waals surface area (Å²) < 4.78 is 5.74. The van der Waals surface area contributed by atoms with Crippen molar-refractivity contribution in [2.45, 2.75) is 64.0 Å². The zero-order valence-electron chi connectivity index (χ0n) is 13.7. The van der Waals surface area contributed by atoms with Crippen LogP contribution in [-0.2, 0) is 4.74 Å². The molecule has 0 aromatic carbocycles. The average Bonchev–Trinajstić information content (AvgIpc) is 2.94. The van der Waals surface area contributed by atoms with Gasteiger partial charge < -0.3 is 4.74 Å². The smallest absolute Gasteiger partial charge is 0.109 e. The van der Waals surface area contributed by atoms with Crippen LogP contribution < -0.4 is 5.32 Å². The molecule has 0 amide bonds. The van der Waals surface area contributed by atoms with E-state index in [1.807, 2.05) is 0 Å². The van der Waals surface area contributed by atoms with Crippen molar-refractivity contribution in [1.82, 2.24) is 10.2 Å². The van der Waals surface area contributed by atoms with Crippen LogP contribution in [0.25, 0.3) is 0 Å². The van der Waals surface area contributed by atoms with Gasteiger partial charge in [-0.05, 0) is 51.1 Å². The number of nitrogens with one attached hydrogen (secondary N) is 1. The Balaban J connectivity index is 1.85. The highest BCUT2D eigenvalue weighted by Crippen LogP contribution is 2.37. The lowest BCUT2D eigenvalue weighted by molar-refractivity contribution is -0.0314. The van der Waals surface area contributed by atoms with Crippen molar-refractivity contribution in [2.75, 3.05) is 32.8 Å². The van der Waals surface area contributed by atoms with E-state index in [4.69, 9.17) is 4.74 Å². The molecule has 0 aromatic rings. The number of morpholine rings is 1. The first-order valence-corrected chi connectivity index (χ1v) is 8.74. The monoisotopic (exact) mass is 293 g/mol.